The Labute approximate surface area is 143 Å². The van der Waals surface area contributed by atoms with Gasteiger partial charge in [-0.15, -0.1) is 0 Å². The molecule has 130 valence electrons. The molecule has 6 heteroatoms. The fourth-order valence-electron chi connectivity index (χ4n) is 3.31. The van der Waals surface area contributed by atoms with Gasteiger partial charge in [0.15, 0.2) is 0 Å². The Morgan fingerprint density at radius 3 is 2.42 bits per heavy atom. The van der Waals surface area contributed by atoms with Gasteiger partial charge in [-0.1, -0.05) is 12.8 Å². The van der Waals surface area contributed by atoms with Crippen molar-refractivity contribution < 1.29 is 9.59 Å². The van der Waals surface area contributed by atoms with Crippen LogP contribution in [0.2, 0.25) is 0 Å². The summed E-state index contributed by atoms with van der Waals surface area (Å²) in [6.45, 7) is 4.10. The molecule has 0 unspecified atom stereocenters. The van der Waals surface area contributed by atoms with Crippen LogP contribution in [0, 0.1) is 0 Å². The molecule has 1 aromatic rings. The van der Waals surface area contributed by atoms with Crippen LogP contribution in [0.25, 0.3) is 0 Å². The Kier molecular flexibility index (Phi) is 5.69. The van der Waals surface area contributed by atoms with Crippen molar-refractivity contribution in [2.45, 2.75) is 25.7 Å². The fraction of sp³-hybridized carbons (Fsp3) is 0.556. The average Bonchev–Trinajstić information content (AvgIpc) is 2.85. The third kappa shape index (κ3) is 4.71. The van der Waals surface area contributed by atoms with Crippen LogP contribution in [-0.4, -0.2) is 56.0 Å². The quantitative estimate of drug-likeness (QED) is 0.877. The summed E-state index contributed by atoms with van der Waals surface area (Å²) in [4.78, 5) is 27.7. The Hall–Kier alpha value is -2.08. The highest BCUT2D eigenvalue weighted by Crippen LogP contribution is 2.21. The van der Waals surface area contributed by atoms with Crippen LogP contribution in [0.3, 0.4) is 0 Å². The second kappa shape index (κ2) is 8.15. The van der Waals surface area contributed by atoms with Crippen LogP contribution in [0.5, 0.6) is 0 Å². The summed E-state index contributed by atoms with van der Waals surface area (Å²) < 4.78 is 0. The molecule has 0 atom stereocenters. The molecule has 2 aliphatic heterocycles. The zero-order valence-electron chi connectivity index (χ0n) is 14.1. The van der Waals surface area contributed by atoms with Crippen LogP contribution >= 0.6 is 0 Å². The molecule has 0 bridgehead atoms. The third-order valence-corrected chi connectivity index (χ3v) is 4.61. The first kappa shape index (κ1) is 16.8. The molecular weight excluding hydrogens is 304 g/mol. The van der Waals surface area contributed by atoms with Gasteiger partial charge in [0.2, 0.25) is 11.8 Å². The number of rotatable bonds is 4. The summed E-state index contributed by atoms with van der Waals surface area (Å²) in [5, 5.41) is 5.68. The molecule has 0 aromatic heterocycles. The van der Waals surface area contributed by atoms with E-state index < -0.39 is 0 Å². The van der Waals surface area contributed by atoms with E-state index in [-0.39, 0.29) is 18.4 Å². The van der Waals surface area contributed by atoms with E-state index in [9.17, 15) is 9.59 Å². The van der Waals surface area contributed by atoms with Crippen LogP contribution < -0.4 is 15.5 Å². The number of hydrogen-bond donors (Lipinski definition) is 2. The maximum Gasteiger partial charge on any atom is 0.238 e. The van der Waals surface area contributed by atoms with Crippen molar-refractivity contribution in [1.29, 1.82) is 0 Å². The largest absolute Gasteiger partial charge is 0.372 e. The lowest BCUT2D eigenvalue weighted by Crippen LogP contribution is -2.49. The first-order chi connectivity index (χ1) is 11.7. The lowest BCUT2D eigenvalue weighted by Gasteiger charge is -2.25. The Morgan fingerprint density at radius 2 is 1.75 bits per heavy atom. The minimum atomic E-state index is -0.0766. The maximum atomic E-state index is 12.1. The Bertz CT molecular complexity index is 565. The number of nitrogens with zero attached hydrogens (tertiary/aromatic N) is 2. The summed E-state index contributed by atoms with van der Waals surface area (Å²) in [7, 11) is 0. The molecule has 1 aromatic carbocycles. The van der Waals surface area contributed by atoms with Gasteiger partial charge in [-0.25, -0.2) is 0 Å². The van der Waals surface area contributed by atoms with Gasteiger partial charge in [0, 0.05) is 37.6 Å². The van der Waals surface area contributed by atoms with Crippen molar-refractivity contribution in [3.05, 3.63) is 24.3 Å². The molecule has 0 spiro atoms. The van der Waals surface area contributed by atoms with Crippen molar-refractivity contribution >= 4 is 23.2 Å². The molecule has 2 N–H and O–H groups in total. The fourth-order valence-corrected chi connectivity index (χ4v) is 3.31. The Balaban J connectivity index is 1.51. The number of benzene rings is 1. The normalized spacial score (nSPS) is 19.5. The number of nitrogens with one attached hydrogen (secondary N) is 2. The molecule has 2 aliphatic rings. The average molecular weight is 330 g/mol. The zero-order chi connectivity index (χ0) is 16.8. The molecule has 2 fully saturated rings. The number of amides is 2. The summed E-state index contributed by atoms with van der Waals surface area (Å²) in [5.74, 6) is -0.0944. The van der Waals surface area contributed by atoms with Gasteiger partial charge in [0.05, 0.1) is 13.1 Å². The minimum absolute atomic E-state index is 0.0177. The van der Waals surface area contributed by atoms with Crippen molar-refractivity contribution in [2.24, 2.45) is 0 Å². The number of carbonyl (C=O) groups excluding carboxylic acids is 2. The highest BCUT2D eigenvalue weighted by molar-refractivity contribution is 5.93. The maximum absolute atomic E-state index is 12.1. The molecule has 2 saturated heterocycles. The lowest BCUT2D eigenvalue weighted by molar-refractivity contribution is -0.125. The molecule has 24 heavy (non-hydrogen) atoms. The monoisotopic (exact) mass is 330 g/mol. The number of carbonyl (C=O) groups is 2. The highest BCUT2D eigenvalue weighted by Gasteiger charge is 2.18. The summed E-state index contributed by atoms with van der Waals surface area (Å²) >= 11 is 0. The molecule has 2 amide bonds. The van der Waals surface area contributed by atoms with Gasteiger partial charge in [-0.2, -0.15) is 0 Å². The topological polar surface area (TPSA) is 64.7 Å². The first-order valence-corrected chi connectivity index (χ1v) is 8.85. The number of hydrogen-bond acceptors (Lipinski definition) is 4. The second-order valence-corrected chi connectivity index (χ2v) is 6.56. The van der Waals surface area contributed by atoms with Crippen LogP contribution in [0.4, 0.5) is 11.4 Å². The molecular formula is C18H26N4O2. The summed E-state index contributed by atoms with van der Waals surface area (Å²) in [6.07, 6.45) is 5.14. The number of piperazine rings is 1. The van der Waals surface area contributed by atoms with Crippen LogP contribution in [0.15, 0.2) is 24.3 Å². The van der Waals surface area contributed by atoms with E-state index >= 15 is 0 Å². The van der Waals surface area contributed by atoms with E-state index in [2.05, 4.69) is 27.7 Å². The van der Waals surface area contributed by atoms with Gasteiger partial charge in [-0.3, -0.25) is 14.5 Å². The van der Waals surface area contributed by atoms with Crippen LogP contribution in [0.1, 0.15) is 25.7 Å². The predicted molar refractivity (Wildman–Crippen MR) is 95.2 cm³/mol. The smallest absolute Gasteiger partial charge is 0.238 e. The Morgan fingerprint density at radius 1 is 1.04 bits per heavy atom. The van der Waals surface area contributed by atoms with E-state index in [1.165, 1.54) is 31.4 Å². The lowest BCUT2D eigenvalue weighted by atomic mass is 10.2. The summed E-state index contributed by atoms with van der Waals surface area (Å²) in [5.41, 5.74) is 2.03. The van der Waals surface area contributed by atoms with Gasteiger partial charge in [-0.05, 0) is 37.1 Å². The van der Waals surface area contributed by atoms with Crippen molar-refractivity contribution in [3.8, 4) is 0 Å². The molecule has 0 aliphatic carbocycles. The van der Waals surface area contributed by atoms with Gasteiger partial charge in [0.1, 0.15) is 0 Å². The minimum Gasteiger partial charge on any atom is -0.372 e. The SMILES string of the molecule is O=C1CN(CC(=O)Nc2ccc(N3CCCCCC3)cc2)CCN1. The van der Waals surface area contributed by atoms with E-state index in [0.717, 1.165) is 18.8 Å². The molecule has 2 heterocycles. The van der Waals surface area contributed by atoms with E-state index in [1.54, 1.807) is 0 Å². The van der Waals surface area contributed by atoms with E-state index in [1.807, 2.05) is 17.0 Å². The molecule has 6 nitrogen and oxygen atoms in total. The standard InChI is InChI=1S/C18H26N4O2/c23-17-13-21(12-9-19-17)14-18(24)20-15-5-7-16(8-6-15)22-10-3-1-2-4-11-22/h5-8H,1-4,9-14H2,(H,19,23)(H,20,24). The first-order valence-electron chi connectivity index (χ1n) is 8.85. The van der Waals surface area contributed by atoms with E-state index in [4.69, 9.17) is 0 Å². The van der Waals surface area contributed by atoms with Crippen molar-refractivity contribution in [1.82, 2.24) is 10.2 Å². The molecule has 0 saturated carbocycles. The van der Waals surface area contributed by atoms with Gasteiger partial charge < -0.3 is 15.5 Å². The molecule has 0 radical (unpaired) electrons. The highest BCUT2D eigenvalue weighted by atomic mass is 16.2. The molecule has 3 rings (SSSR count). The van der Waals surface area contributed by atoms with Crippen molar-refractivity contribution in [3.63, 3.8) is 0 Å². The number of anilines is 2. The van der Waals surface area contributed by atoms with Crippen molar-refractivity contribution in [2.75, 3.05) is 49.5 Å². The summed E-state index contributed by atoms with van der Waals surface area (Å²) in [6, 6.07) is 8.08. The van der Waals surface area contributed by atoms with E-state index in [0.29, 0.717) is 19.6 Å². The predicted octanol–water partition coefficient (Wildman–Crippen LogP) is 1.44. The van der Waals surface area contributed by atoms with Gasteiger partial charge in [0.25, 0.3) is 0 Å². The second-order valence-electron chi connectivity index (χ2n) is 6.56. The van der Waals surface area contributed by atoms with Crippen LogP contribution in [-0.2, 0) is 9.59 Å². The third-order valence-electron chi connectivity index (χ3n) is 4.61. The van der Waals surface area contributed by atoms with Gasteiger partial charge >= 0.3 is 0 Å². The zero-order valence-corrected chi connectivity index (χ0v) is 14.1.